The van der Waals surface area contributed by atoms with Crippen molar-refractivity contribution in [3.8, 4) is 0 Å². The molecule has 8 nitrogen and oxygen atoms in total. The molecule has 0 bridgehead atoms. The number of hydrogen-bond donors (Lipinski definition) is 5. The summed E-state index contributed by atoms with van der Waals surface area (Å²) in [5, 5.41) is 13.2. The number of thiol groups is 2. The number of aromatic nitrogens is 4. The van der Waals surface area contributed by atoms with Gasteiger partial charge in [-0.25, -0.2) is 9.97 Å². The van der Waals surface area contributed by atoms with Crippen molar-refractivity contribution in [3.63, 3.8) is 0 Å². The van der Waals surface area contributed by atoms with E-state index < -0.39 is 16.6 Å². The molecule has 0 radical (unpaired) electrons. The minimum absolute atomic E-state index is 0.00217. The maximum atomic E-state index is 12.4. The number of carbonyl (C=O) groups is 1. The summed E-state index contributed by atoms with van der Waals surface area (Å²) in [6.45, 7) is 8.93. The van der Waals surface area contributed by atoms with Gasteiger partial charge in [0.1, 0.15) is 0 Å². The fourth-order valence-electron chi connectivity index (χ4n) is 2.31. The van der Waals surface area contributed by atoms with E-state index in [9.17, 15) is 14.7 Å². The molecule has 0 spiro atoms. The first-order chi connectivity index (χ1) is 12.9. The molecule has 0 aliphatic carbocycles. The van der Waals surface area contributed by atoms with Crippen LogP contribution >= 0.6 is 25.3 Å². The summed E-state index contributed by atoms with van der Waals surface area (Å²) in [7, 11) is 0. The van der Waals surface area contributed by atoms with E-state index in [2.05, 4.69) is 50.5 Å². The molecular weight excluding hydrogens is 398 g/mol. The van der Waals surface area contributed by atoms with Crippen LogP contribution in [-0.4, -0.2) is 36.6 Å². The number of nitrogens with one attached hydrogen (secondary N) is 2. The maximum absolute atomic E-state index is 12.4. The molecule has 2 aromatic heterocycles. The van der Waals surface area contributed by atoms with Crippen LogP contribution in [0.1, 0.15) is 53.2 Å². The van der Waals surface area contributed by atoms with Gasteiger partial charge in [-0.15, -0.1) is 25.3 Å². The number of amides is 1. The maximum Gasteiger partial charge on any atom is 0.280 e. The van der Waals surface area contributed by atoms with E-state index in [1.54, 1.807) is 20.8 Å². The van der Waals surface area contributed by atoms with Gasteiger partial charge in [-0.1, -0.05) is 34.6 Å². The largest absolute Gasteiger partial charge is 0.385 e. The number of carbonyl (C=O) groups excluding carboxylic acids is 1. The number of rotatable bonds is 5. The van der Waals surface area contributed by atoms with Crippen molar-refractivity contribution in [2.75, 3.05) is 5.32 Å². The van der Waals surface area contributed by atoms with Crippen molar-refractivity contribution in [3.05, 3.63) is 27.1 Å². The second kappa shape index (κ2) is 8.22. The Balaban J connectivity index is 2.50. The number of fused-ring (bicyclic) bond motifs is 1. The van der Waals surface area contributed by atoms with Gasteiger partial charge in [0.05, 0.1) is 17.5 Å². The van der Waals surface area contributed by atoms with Gasteiger partial charge in [-0.2, -0.15) is 4.98 Å². The predicted octanol–water partition coefficient (Wildman–Crippen LogP) is 2.78. The Labute approximate surface area is 174 Å². The van der Waals surface area contributed by atoms with Crippen LogP contribution in [0.25, 0.3) is 16.1 Å². The number of aromatic amines is 1. The van der Waals surface area contributed by atoms with Crippen LogP contribution in [-0.2, 0) is 4.79 Å². The summed E-state index contributed by atoms with van der Waals surface area (Å²) in [4.78, 5) is 40.3. The van der Waals surface area contributed by atoms with Crippen LogP contribution in [0, 0.1) is 5.41 Å². The van der Waals surface area contributed by atoms with Crippen LogP contribution in [0.5, 0.6) is 0 Å². The summed E-state index contributed by atoms with van der Waals surface area (Å²) in [6, 6.07) is 0. The average molecular weight is 424 g/mol. The Morgan fingerprint density at radius 3 is 2.36 bits per heavy atom. The molecule has 28 heavy (non-hydrogen) atoms. The molecule has 0 aromatic carbocycles. The topological polar surface area (TPSA) is 121 Å². The van der Waals surface area contributed by atoms with Gasteiger partial charge < -0.3 is 5.11 Å². The van der Waals surface area contributed by atoms with E-state index in [0.29, 0.717) is 28.3 Å². The Hall–Kier alpha value is -1.91. The zero-order valence-corrected chi connectivity index (χ0v) is 18.3. The summed E-state index contributed by atoms with van der Waals surface area (Å²) < 4.78 is 0. The second-order valence-corrected chi connectivity index (χ2v) is 8.38. The zero-order chi connectivity index (χ0) is 21.3. The number of hydrogen-bond acceptors (Lipinski definition) is 8. The van der Waals surface area contributed by atoms with Gasteiger partial charge in [0.2, 0.25) is 11.9 Å². The molecule has 2 rings (SSSR count). The Morgan fingerprint density at radius 1 is 1.21 bits per heavy atom. The zero-order valence-electron chi connectivity index (χ0n) is 16.5. The van der Waals surface area contributed by atoms with Crippen molar-refractivity contribution in [2.45, 2.75) is 53.1 Å². The summed E-state index contributed by atoms with van der Waals surface area (Å²) >= 11 is 8.84. The SMILES string of the molecule is CCC(O)(CC)/C(S)=C(/S)c1cnc2nc(NC(=O)C(C)(C)C)[nH]c(=O)c2n1. The molecule has 2 aromatic rings. The van der Waals surface area contributed by atoms with Crippen molar-refractivity contribution < 1.29 is 9.90 Å². The Bertz CT molecular complexity index is 991. The van der Waals surface area contributed by atoms with E-state index in [0.717, 1.165) is 0 Å². The van der Waals surface area contributed by atoms with Gasteiger partial charge in [0.25, 0.3) is 5.56 Å². The molecule has 152 valence electrons. The average Bonchev–Trinajstić information content (AvgIpc) is 2.65. The van der Waals surface area contributed by atoms with E-state index in [1.807, 2.05) is 13.8 Å². The molecular formula is C18H25N5O3S2. The van der Waals surface area contributed by atoms with Crippen LogP contribution < -0.4 is 10.9 Å². The van der Waals surface area contributed by atoms with Crippen LogP contribution in [0.2, 0.25) is 0 Å². The van der Waals surface area contributed by atoms with Gasteiger partial charge in [0.15, 0.2) is 11.2 Å². The van der Waals surface area contributed by atoms with Crippen LogP contribution in [0.4, 0.5) is 5.95 Å². The number of nitrogens with zero attached hydrogens (tertiary/aromatic N) is 3. The van der Waals surface area contributed by atoms with Crippen LogP contribution in [0.15, 0.2) is 15.9 Å². The summed E-state index contributed by atoms with van der Waals surface area (Å²) in [5.74, 6) is -0.291. The lowest BCUT2D eigenvalue weighted by Crippen LogP contribution is -2.29. The van der Waals surface area contributed by atoms with E-state index in [4.69, 9.17) is 0 Å². The minimum atomic E-state index is -1.14. The standard InChI is InChI=1S/C18H25N5O3S2/c1-6-18(26,7-2)12(28)11(27)9-8-19-13-10(20-9)14(24)22-16(21-13)23-15(25)17(3,4)5/h8,26-28H,6-7H2,1-5H3,(H2,19,21,22,23,24,25)/b12-11-. The molecule has 2 heterocycles. The molecule has 0 fully saturated rings. The van der Waals surface area contributed by atoms with Gasteiger partial charge in [0, 0.05) is 15.2 Å². The fraction of sp³-hybridized carbons (Fsp3) is 0.500. The first kappa shape index (κ1) is 22.4. The predicted molar refractivity (Wildman–Crippen MR) is 116 cm³/mol. The summed E-state index contributed by atoms with van der Waals surface area (Å²) in [6.07, 6.45) is 2.30. The van der Waals surface area contributed by atoms with Crippen molar-refractivity contribution in [2.24, 2.45) is 5.41 Å². The van der Waals surface area contributed by atoms with Crippen LogP contribution in [0.3, 0.4) is 0 Å². The number of H-pyrrole nitrogens is 1. The van der Waals surface area contributed by atoms with E-state index >= 15 is 0 Å². The molecule has 0 aliphatic heterocycles. The van der Waals surface area contributed by atoms with Gasteiger partial charge in [-0.05, 0) is 12.8 Å². The fourth-order valence-corrected chi connectivity index (χ4v) is 3.06. The smallest absolute Gasteiger partial charge is 0.280 e. The van der Waals surface area contributed by atoms with Gasteiger partial charge >= 0.3 is 0 Å². The molecule has 0 atom stereocenters. The lowest BCUT2D eigenvalue weighted by molar-refractivity contribution is -0.123. The lowest BCUT2D eigenvalue weighted by atomic mass is 9.96. The van der Waals surface area contributed by atoms with E-state index in [1.165, 1.54) is 6.20 Å². The number of aliphatic hydroxyl groups is 1. The Morgan fingerprint density at radius 2 is 1.82 bits per heavy atom. The Kier molecular flexibility index (Phi) is 6.57. The molecule has 0 saturated carbocycles. The highest BCUT2D eigenvalue weighted by atomic mass is 32.1. The quantitative estimate of drug-likeness (QED) is 0.472. The highest BCUT2D eigenvalue weighted by molar-refractivity contribution is 7.93. The van der Waals surface area contributed by atoms with Gasteiger partial charge in [-0.3, -0.25) is 19.9 Å². The molecule has 0 aliphatic rings. The second-order valence-electron chi connectivity index (χ2n) is 7.48. The third kappa shape index (κ3) is 4.56. The molecule has 3 N–H and O–H groups in total. The summed E-state index contributed by atoms with van der Waals surface area (Å²) in [5.41, 5.74) is -1.96. The van der Waals surface area contributed by atoms with Crippen molar-refractivity contribution in [1.82, 2.24) is 19.9 Å². The highest BCUT2D eigenvalue weighted by Gasteiger charge is 2.28. The van der Waals surface area contributed by atoms with Crippen molar-refractivity contribution in [1.29, 1.82) is 0 Å². The molecule has 10 heteroatoms. The third-order valence-corrected chi connectivity index (χ3v) is 5.68. The monoisotopic (exact) mass is 423 g/mol. The first-order valence-corrected chi connectivity index (χ1v) is 9.76. The van der Waals surface area contributed by atoms with E-state index in [-0.39, 0.29) is 23.0 Å². The third-order valence-electron chi connectivity index (χ3n) is 4.41. The first-order valence-electron chi connectivity index (χ1n) is 8.87. The lowest BCUT2D eigenvalue weighted by Gasteiger charge is -2.26. The number of anilines is 1. The molecule has 0 unspecified atom stereocenters. The highest BCUT2D eigenvalue weighted by Crippen LogP contribution is 2.35. The minimum Gasteiger partial charge on any atom is -0.385 e. The molecule has 1 amide bonds. The van der Waals surface area contributed by atoms with Crippen molar-refractivity contribution >= 4 is 53.2 Å². The normalized spacial score (nSPS) is 13.4. The molecule has 0 saturated heterocycles.